The van der Waals surface area contributed by atoms with E-state index in [1.165, 1.54) is 5.56 Å². The highest BCUT2D eigenvalue weighted by Crippen LogP contribution is 2.27. The number of carbonyl (C=O) groups is 1. The molecule has 1 atom stereocenters. The maximum absolute atomic E-state index is 12.0. The van der Waals surface area contributed by atoms with Gasteiger partial charge >= 0.3 is 5.97 Å². The summed E-state index contributed by atoms with van der Waals surface area (Å²) >= 11 is 0. The van der Waals surface area contributed by atoms with Crippen molar-refractivity contribution < 1.29 is 9.53 Å². The fraction of sp³-hybridized carbons (Fsp3) is 0.588. The van der Waals surface area contributed by atoms with E-state index in [2.05, 4.69) is 26.0 Å². The predicted octanol–water partition coefficient (Wildman–Crippen LogP) is 4.85. The lowest BCUT2D eigenvalue weighted by atomic mass is 9.90. The number of hydrogen-bond acceptors (Lipinski definition) is 2. The monoisotopic (exact) mass is 262 g/mol. The van der Waals surface area contributed by atoms with Gasteiger partial charge in [0.25, 0.3) is 0 Å². The molecule has 2 heteroatoms. The Balaban J connectivity index is 2.73. The molecule has 0 radical (unpaired) electrons. The first-order chi connectivity index (χ1) is 8.77. The molecule has 0 spiro atoms. The molecule has 0 amide bonds. The molecule has 0 heterocycles. The van der Waals surface area contributed by atoms with Crippen LogP contribution >= 0.6 is 0 Å². The Morgan fingerprint density at radius 1 is 1.11 bits per heavy atom. The first-order valence-corrected chi connectivity index (χ1v) is 7.09. The first-order valence-electron chi connectivity index (χ1n) is 7.09. The number of hydrogen-bond donors (Lipinski definition) is 0. The maximum atomic E-state index is 12.0. The van der Waals surface area contributed by atoms with Crippen molar-refractivity contribution in [1.29, 1.82) is 0 Å². The van der Waals surface area contributed by atoms with E-state index in [1.807, 2.05) is 39.8 Å². The van der Waals surface area contributed by atoms with Gasteiger partial charge in [-0.2, -0.15) is 0 Å². The zero-order valence-corrected chi connectivity index (χ0v) is 13.0. The second-order valence-corrected chi connectivity index (χ2v) is 6.11. The molecule has 0 aliphatic rings. The molecular weight excluding hydrogens is 236 g/mol. The van der Waals surface area contributed by atoms with Crippen molar-refractivity contribution in [2.75, 3.05) is 0 Å². The molecule has 106 valence electrons. The first kappa shape index (κ1) is 15.7. The van der Waals surface area contributed by atoms with Crippen LogP contribution in [0.25, 0.3) is 0 Å². The van der Waals surface area contributed by atoms with Gasteiger partial charge < -0.3 is 4.74 Å². The van der Waals surface area contributed by atoms with Crippen LogP contribution in [-0.4, -0.2) is 5.97 Å². The summed E-state index contributed by atoms with van der Waals surface area (Å²) in [6.45, 7) is 12.1. The van der Waals surface area contributed by atoms with Crippen LogP contribution in [0, 0.1) is 5.41 Å². The molecule has 1 aromatic carbocycles. The van der Waals surface area contributed by atoms with Crippen LogP contribution < -0.4 is 0 Å². The Morgan fingerprint density at radius 3 is 2.00 bits per heavy atom. The average Bonchev–Trinajstić information content (AvgIpc) is 2.38. The minimum atomic E-state index is -0.411. The number of benzene rings is 1. The van der Waals surface area contributed by atoms with Gasteiger partial charge in [0, 0.05) is 0 Å². The van der Waals surface area contributed by atoms with Crippen LogP contribution in [-0.2, 0) is 9.53 Å². The summed E-state index contributed by atoms with van der Waals surface area (Å²) < 4.78 is 5.55. The SMILES string of the molecule is CCC(C)(C)C(=O)OC(C)c1ccc(C(C)C)cc1. The molecular formula is C17H26O2. The van der Waals surface area contributed by atoms with Gasteiger partial charge in [0.2, 0.25) is 0 Å². The Bertz CT molecular complexity index is 415. The zero-order valence-electron chi connectivity index (χ0n) is 13.0. The molecule has 0 saturated carbocycles. The van der Waals surface area contributed by atoms with Crippen molar-refractivity contribution >= 4 is 5.97 Å². The van der Waals surface area contributed by atoms with Crippen molar-refractivity contribution in [3.05, 3.63) is 35.4 Å². The van der Waals surface area contributed by atoms with E-state index in [0.29, 0.717) is 5.92 Å². The number of ether oxygens (including phenoxy) is 1. The molecule has 0 aliphatic heterocycles. The normalized spacial score (nSPS) is 13.4. The van der Waals surface area contributed by atoms with E-state index in [-0.39, 0.29) is 12.1 Å². The lowest BCUT2D eigenvalue weighted by Crippen LogP contribution is -2.26. The number of rotatable bonds is 5. The van der Waals surface area contributed by atoms with Crippen LogP contribution in [0.3, 0.4) is 0 Å². The van der Waals surface area contributed by atoms with Gasteiger partial charge in [0.1, 0.15) is 6.10 Å². The van der Waals surface area contributed by atoms with Gasteiger partial charge in [-0.3, -0.25) is 4.79 Å². The van der Waals surface area contributed by atoms with Crippen molar-refractivity contribution in [2.45, 2.75) is 60.0 Å². The van der Waals surface area contributed by atoms with Crippen LogP contribution in [0.15, 0.2) is 24.3 Å². The molecule has 0 N–H and O–H groups in total. The van der Waals surface area contributed by atoms with Crippen molar-refractivity contribution in [3.63, 3.8) is 0 Å². The standard InChI is InChI=1S/C17H26O2/c1-7-17(5,6)16(18)19-13(4)15-10-8-14(9-11-15)12(2)3/h8-13H,7H2,1-6H3. The summed E-state index contributed by atoms with van der Waals surface area (Å²) in [6.07, 6.45) is 0.588. The zero-order chi connectivity index (χ0) is 14.6. The van der Waals surface area contributed by atoms with Crippen LogP contribution in [0.4, 0.5) is 0 Å². The summed E-state index contributed by atoms with van der Waals surface area (Å²) in [4.78, 5) is 12.0. The number of carbonyl (C=O) groups excluding carboxylic acids is 1. The number of esters is 1. The topological polar surface area (TPSA) is 26.3 Å². The molecule has 1 aromatic rings. The lowest BCUT2D eigenvalue weighted by molar-refractivity contribution is -0.159. The van der Waals surface area contributed by atoms with Crippen molar-refractivity contribution in [3.8, 4) is 0 Å². The maximum Gasteiger partial charge on any atom is 0.312 e. The highest BCUT2D eigenvalue weighted by atomic mass is 16.5. The molecule has 0 saturated heterocycles. The molecule has 19 heavy (non-hydrogen) atoms. The van der Waals surface area contributed by atoms with Crippen molar-refractivity contribution in [2.24, 2.45) is 5.41 Å². The van der Waals surface area contributed by atoms with Gasteiger partial charge in [-0.05, 0) is 44.2 Å². The van der Waals surface area contributed by atoms with E-state index in [0.717, 1.165) is 12.0 Å². The van der Waals surface area contributed by atoms with Gasteiger partial charge in [0.05, 0.1) is 5.41 Å². The Morgan fingerprint density at radius 2 is 1.58 bits per heavy atom. The third-order valence-corrected chi connectivity index (χ3v) is 3.79. The Kier molecular flexibility index (Phi) is 5.16. The smallest absolute Gasteiger partial charge is 0.312 e. The fourth-order valence-corrected chi connectivity index (χ4v) is 1.68. The molecule has 1 unspecified atom stereocenters. The van der Waals surface area contributed by atoms with E-state index in [4.69, 9.17) is 4.74 Å². The predicted molar refractivity (Wildman–Crippen MR) is 79.1 cm³/mol. The average molecular weight is 262 g/mol. The quantitative estimate of drug-likeness (QED) is 0.709. The Labute approximate surface area is 117 Å². The summed E-state index contributed by atoms with van der Waals surface area (Å²) in [5, 5.41) is 0. The molecule has 0 aliphatic carbocycles. The largest absolute Gasteiger partial charge is 0.457 e. The summed E-state index contributed by atoms with van der Waals surface area (Å²) in [5.74, 6) is 0.390. The van der Waals surface area contributed by atoms with E-state index in [1.54, 1.807) is 0 Å². The molecule has 1 rings (SSSR count). The van der Waals surface area contributed by atoms with E-state index >= 15 is 0 Å². The minimum Gasteiger partial charge on any atom is -0.457 e. The van der Waals surface area contributed by atoms with E-state index < -0.39 is 5.41 Å². The summed E-state index contributed by atoms with van der Waals surface area (Å²) in [6, 6.07) is 8.31. The molecule has 0 bridgehead atoms. The van der Waals surface area contributed by atoms with Crippen LogP contribution in [0.1, 0.15) is 71.1 Å². The van der Waals surface area contributed by atoms with Gasteiger partial charge in [-0.15, -0.1) is 0 Å². The second kappa shape index (κ2) is 6.23. The summed E-state index contributed by atoms with van der Waals surface area (Å²) in [7, 11) is 0. The van der Waals surface area contributed by atoms with Crippen molar-refractivity contribution in [1.82, 2.24) is 0 Å². The van der Waals surface area contributed by atoms with Crippen LogP contribution in [0.5, 0.6) is 0 Å². The highest BCUT2D eigenvalue weighted by molar-refractivity contribution is 5.76. The van der Waals surface area contributed by atoms with E-state index in [9.17, 15) is 4.79 Å². The molecule has 2 nitrogen and oxygen atoms in total. The van der Waals surface area contributed by atoms with Gasteiger partial charge in [-0.1, -0.05) is 45.0 Å². The second-order valence-electron chi connectivity index (χ2n) is 6.11. The summed E-state index contributed by atoms with van der Waals surface area (Å²) in [5.41, 5.74) is 1.94. The third-order valence-electron chi connectivity index (χ3n) is 3.79. The molecule has 0 aromatic heterocycles. The third kappa shape index (κ3) is 4.09. The lowest BCUT2D eigenvalue weighted by Gasteiger charge is -2.23. The van der Waals surface area contributed by atoms with Gasteiger partial charge in [-0.25, -0.2) is 0 Å². The minimum absolute atomic E-state index is 0.129. The molecule has 0 fully saturated rings. The highest BCUT2D eigenvalue weighted by Gasteiger charge is 2.28. The Hall–Kier alpha value is -1.31. The van der Waals surface area contributed by atoms with Gasteiger partial charge in [0.15, 0.2) is 0 Å². The fourth-order valence-electron chi connectivity index (χ4n) is 1.68. The van der Waals surface area contributed by atoms with Crippen LogP contribution in [0.2, 0.25) is 0 Å².